The highest BCUT2D eigenvalue weighted by Crippen LogP contribution is 2.17. The molecular formula is C14H18ClNO4. The molecule has 110 valence electrons. The van der Waals surface area contributed by atoms with Crippen molar-refractivity contribution in [3.8, 4) is 5.75 Å². The van der Waals surface area contributed by atoms with Crippen molar-refractivity contribution < 1.29 is 19.4 Å². The molecule has 1 aromatic rings. The molecule has 20 heavy (non-hydrogen) atoms. The molecule has 6 heteroatoms. The summed E-state index contributed by atoms with van der Waals surface area (Å²) in [6.07, 6.45) is 0.486. The van der Waals surface area contributed by atoms with Crippen molar-refractivity contribution in [2.24, 2.45) is 0 Å². The lowest BCUT2D eigenvalue weighted by Crippen LogP contribution is -2.42. The van der Waals surface area contributed by atoms with Crippen molar-refractivity contribution in [1.29, 1.82) is 0 Å². The average molecular weight is 300 g/mol. The van der Waals surface area contributed by atoms with Crippen molar-refractivity contribution in [2.75, 3.05) is 13.7 Å². The normalized spacial score (nSPS) is 11.8. The number of hydrogen-bond donors (Lipinski definition) is 1. The first-order valence-corrected chi connectivity index (χ1v) is 6.70. The molecule has 0 saturated heterocycles. The Bertz CT molecular complexity index is 478. The molecule has 1 rings (SSSR count). The number of nitrogens with zero attached hydrogens (tertiary/aromatic N) is 1. The molecule has 1 amide bonds. The summed E-state index contributed by atoms with van der Waals surface area (Å²) in [4.78, 5) is 24.1. The second-order valence-electron chi connectivity index (χ2n) is 4.32. The molecule has 1 N–H and O–H groups in total. The Morgan fingerprint density at radius 1 is 1.45 bits per heavy atom. The van der Waals surface area contributed by atoms with Crippen LogP contribution >= 0.6 is 11.6 Å². The summed E-state index contributed by atoms with van der Waals surface area (Å²) in [7, 11) is 1.49. The summed E-state index contributed by atoms with van der Waals surface area (Å²) in [5, 5.41) is 9.54. The van der Waals surface area contributed by atoms with Gasteiger partial charge in [0.25, 0.3) is 0 Å². The molecule has 5 nitrogen and oxygen atoms in total. The molecular weight excluding hydrogens is 282 g/mol. The Hall–Kier alpha value is -1.75. The number of benzene rings is 1. The number of aliphatic carboxylic acids is 1. The number of rotatable bonds is 7. The maximum atomic E-state index is 11.9. The lowest BCUT2D eigenvalue weighted by atomic mass is 10.2. The van der Waals surface area contributed by atoms with Gasteiger partial charge in [-0.25, -0.2) is 4.79 Å². The summed E-state index contributed by atoms with van der Waals surface area (Å²) in [6.45, 7) is 1.91. The summed E-state index contributed by atoms with van der Waals surface area (Å²) < 4.78 is 5.40. The van der Waals surface area contributed by atoms with Crippen molar-refractivity contribution in [1.82, 2.24) is 4.90 Å². The highest BCUT2D eigenvalue weighted by molar-refractivity contribution is 6.30. The van der Waals surface area contributed by atoms with Crippen LogP contribution in [0.15, 0.2) is 24.3 Å². The predicted molar refractivity (Wildman–Crippen MR) is 76.0 cm³/mol. The lowest BCUT2D eigenvalue weighted by Gasteiger charge is -2.23. The van der Waals surface area contributed by atoms with E-state index < -0.39 is 12.0 Å². The molecule has 0 saturated carbocycles. The van der Waals surface area contributed by atoms with E-state index >= 15 is 0 Å². The van der Waals surface area contributed by atoms with Crippen molar-refractivity contribution in [3.63, 3.8) is 0 Å². The van der Waals surface area contributed by atoms with Gasteiger partial charge in [-0.1, -0.05) is 24.6 Å². The third kappa shape index (κ3) is 4.74. The monoisotopic (exact) mass is 299 g/mol. The molecule has 0 spiro atoms. The fourth-order valence-corrected chi connectivity index (χ4v) is 1.96. The van der Waals surface area contributed by atoms with Crippen molar-refractivity contribution >= 4 is 23.5 Å². The molecule has 1 aromatic carbocycles. The van der Waals surface area contributed by atoms with Gasteiger partial charge in [-0.2, -0.15) is 0 Å². The number of carbonyl (C=O) groups is 2. The largest absolute Gasteiger partial charge is 0.493 e. The van der Waals surface area contributed by atoms with Gasteiger partial charge < -0.3 is 14.7 Å². The zero-order valence-electron chi connectivity index (χ0n) is 11.5. The number of likely N-dealkylation sites (N-methyl/N-ethyl adjacent to an activating group) is 1. The third-order valence-electron chi connectivity index (χ3n) is 2.91. The maximum absolute atomic E-state index is 11.9. The smallest absolute Gasteiger partial charge is 0.326 e. The van der Waals surface area contributed by atoms with E-state index in [-0.39, 0.29) is 18.9 Å². The van der Waals surface area contributed by atoms with Crippen LogP contribution in [-0.2, 0) is 9.59 Å². The maximum Gasteiger partial charge on any atom is 0.326 e. The molecule has 0 radical (unpaired) electrons. The summed E-state index contributed by atoms with van der Waals surface area (Å²) in [5.41, 5.74) is 0. The quantitative estimate of drug-likeness (QED) is 0.839. The molecule has 0 aromatic heterocycles. The fourth-order valence-electron chi connectivity index (χ4n) is 1.78. The summed E-state index contributed by atoms with van der Waals surface area (Å²) in [6, 6.07) is 6.08. The van der Waals surface area contributed by atoms with E-state index in [1.165, 1.54) is 11.9 Å². The first-order valence-electron chi connectivity index (χ1n) is 6.32. The molecule has 1 unspecified atom stereocenters. The number of ether oxygens (including phenoxy) is 1. The Labute approximate surface area is 123 Å². The van der Waals surface area contributed by atoms with Crippen LogP contribution in [0.4, 0.5) is 0 Å². The zero-order chi connectivity index (χ0) is 15.1. The van der Waals surface area contributed by atoms with Gasteiger partial charge in [0.15, 0.2) is 0 Å². The predicted octanol–water partition coefficient (Wildman–Crippen LogP) is 2.43. The summed E-state index contributed by atoms with van der Waals surface area (Å²) >= 11 is 5.81. The van der Waals surface area contributed by atoms with E-state index in [4.69, 9.17) is 21.4 Å². The van der Waals surface area contributed by atoms with Gasteiger partial charge in [0.1, 0.15) is 11.8 Å². The third-order valence-corrected chi connectivity index (χ3v) is 3.15. The average Bonchev–Trinajstić information content (AvgIpc) is 2.38. The van der Waals surface area contributed by atoms with Gasteiger partial charge in [0, 0.05) is 12.1 Å². The first kappa shape index (κ1) is 16.3. The van der Waals surface area contributed by atoms with Crippen LogP contribution in [0.1, 0.15) is 19.8 Å². The molecule has 0 fully saturated rings. The van der Waals surface area contributed by atoms with Gasteiger partial charge in [-0.05, 0) is 24.6 Å². The van der Waals surface area contributed by atoms with Gasteiger partial charge >= 0.3 is 5.97 Å². The van der Waals surface area contributed by atoms with Crippen LogP contribution in [-0.4, -0.2) is 41.6 Å². The Morgan fingerprint density at radius 2 is 2.15 bits per heavy atom. The molecule has 0 bridgehead atoms. The van der Waals surface area contributed by atoms with Crippen LogP contribution < -0.4 is 4.74 Å². The molecule has 0 aliphatic rings. The van der Waals surface area contributed by atoms with Crippen molar-refractivity contribution in [2.45, 2.75) is 25.8 Å². The highest BCUT2D eigenvalue weighted by Gasteiger charge is 2.24. The topological polar surface area (TPSA) is 66.8 Å². The minimum atomic E-state index is -1.00. The van der Waals surface area contributed by atoms with Crippen LogP contribution in [0.25, 0.3) is 0 Å². The molecule has 0 aliphatic heterocycles. The Morgan fingerprint density at radius 3 is 2.70 bits per heavy atom. The van der Waals surface area contributed by atoms with Gasteiger partial charge in [-0.15, -0.1) is 0 Å². The van der Waals surface area contributed by atoms with Crippen LogP contribution in [0.2, 0.25) is 5.02 Å². The fraction of sp³-hybridized carbons (Fsp3) is 0.429. The van der Waals surface area contributed by atoms with E-state index in [0.717, 1.165) is 0 Å². The molecule has 1 atom stereocenters. The Balaban J connectivity index is 2.45. The second kappa shape index (κ2) is 7.75. The second-order valence-corrected chi connectivity index (χ2v) is 4.76. The highest BCUT2D eigenvalue weighted by atomic mass is 35.5. The van der Waals surface area contributed by atoms with Gasteiger partial charge in [-0.3, -0.25) is 4.79 Å². The SMILES string of the molecule is CCC(C(=O)O)N(C)C(=O)CCOc1cccc(Cl)c1. The van der Waals surface area contributed by atoms with Gasteiger partial charge in [0.2, 0.25) is 5.91 Å². The number of hydrogen-bond acceptors (Lipinski definition) is 3. The number of amides is 1. The van der Waals surface area contributed by atoms with Crippen LogP contribution in [0, 0.1) is 0 Å². The van der Waals surface area contributed by atoms with E-state index in [1.807, 2.05) is 0 Å². The number of carboxylic acid groups (broad SMARTS) is 1. The standard InChI is InChI=1S/C14H18ClNO4/c1-3-12(14(18)19)16(2)13(17)7-8-20-11-6-4-5-10(15)9-11/h4-6,9,12H,3,7-8H2,1-2H3,(H,18,19). The first-order chi connectivity index (χ1) is 9.45. The minimum Gasteiger partial charge on any atom is -0.493 e. The summed E-state index contributed by atoms with van der Waals surface area (Å²) in [5.74, 6) is -0.682. The lowest BCUT2D eigenvalue weighted by molar-refractivity contribution is -0.149. The van der Waals surface area contributed by atoms with Gasteiger partial charge in [0.05, 0.1) is 13.0 Å². The Kier molecular flexibility index (Phi) is 6.31. The molecule has 0 aliphatic carbocycles. The number of halogens is 1. The minimum absolute atomic E-state index is 0.118. The zero-order valence-corrected chi connectivity index (χ0v) is 12.3. The number of carbonyl (C=O) groups excluding carboxylic acids is 1. The molecule has 0 heterocycles. The number of carboxylic acids is 1. The van der Waals surface area contributed by atoms with E-state index in [1.54, 1.807) is 31.2 Å². The van der Waals surface area contributed by atoms with E-state index in [9.17, 15) is 9.59 Å². The van der Waals surface area contributed by atoms with Crippen LogP contribution in [0.3, 0.4) is 0 Å². The van der Waals surface area contributed by atoms with Crippen molar-refractivity contribution in [3.05, 3.63) is 29.3 Å². The van der Waals surface area contributed by atoms with Crippen LogP contribution in [0.5, 0.6) is 5.75 Å². The van der Waals surface area contributed by atoms with E-state index in [0.29, 0.717) is 17.2 Å². The van der Waals surface area contributed by atoms with E-state index in [2.05, 4.69) is 0 Å².